The predicted octanol–water partition coefficient (Wildman–Crippen LogP) is 3.01. The highest BCUT2D eigenvalue weighted by Crippen LogP contribution is 2.19. The Morgan fingerprint density at radius 2 is 2.15 bits per heavy atom. The van der Waals surface area contributed by atoms with Gasteiger partial charge in [-0.3, -0.25) is 9.89 Å². The minimum absolute atomic E-state index is 0.0985. The summed E-state index contributed by atoms with van der Waals surface area (Å²) < 4.78 is 13.3. The van der Waals surface area contributed by atoms with Gasteiger partial charge in [0.2, 0.25) is 0 Å². The van der Waals surface area contributed by atoms with E-state index < -0.39 is 0 Å². The quantitative estimate of drug-likeness (QED) is 0.624. The first-order valence-electron chi connectivity index (χ1n) is 8.67. The third kappa shape index (κ3) is 4.38. The van der Waals surface area contributed by atoms with E-state index in [1.807, 2.05) is 13.8 Å². The number of amides is 1. The third-order valence-electron chi connectivity index (χ3n) is 4.31. The van der Waals surface area contributed by atoms with E-state index >= 15 is 0 Å². The number of aromatic nitrogens is 3. The lowest BCUT2D eigenvalue weighted by atomic mass is 10.1. The molecule has 0 aliphatic carbocycles. The van der Waals surface area contributed by atoms with E-state index in [0.29, 0.717) is 16.8 Å². The van der Waals surface area contributed by atoms with E-state index in [4.69, 9.17) is 0 Å². The lowest BCUT2D eigenvalue weighted by molar-refractivity contribution is 0.0892. The molecule has 1 atom stereocenters. The highest BCUT2D eigenvalue weighted by atomic mass is 19.1. The van der Waals surface area contributed by atoms with Crippen molar-refractivity contribution in [3.8, 4) is 0 Å². The number of aromatic amines is 1. The number of hydrogen-bond donors (Lipinski definition) is 3. The Morgan fingerprint density at radius 1 is 1.33 bits per heavy atom. The second-order valence-electron chi connectivity index (χ2n) is 6.62. The van der Waals surface area contributed by atoms with Crippen LogP contribution in [0.15, 0.2) is 36.5 Å². The maximum atomic E-state index is 13.3. The van der Waals surface area contributed by atoms with Crippen molar-refractivity contribution in [2.45, 2.75) is 19.9 Å². The Kier molecular flexibility index (Phi) is 5.61. The minimum atomic E-state index is -0.356. The maximum Gasteiger partial charge on any atom is 0.270 e. The summed E-state index contributed by atoms with van der Waals surface area (Å²) in [5.41, 5.74) is 2.26. The monoisotopic (exact) mass is 368 g/mol. The third-order valence-corrected chi connectivity index (χ3v) is 4.31. The van der Waals surface area contributed by atoms with Gasteiger partial charge in [0.05, 0.1) is 30.1 Å². The van der Waals surface area contributed by atoms with Crippen molar-refractivity contribution in [2.75, 3.05) is 6.61 Å². The molecule has 0 bridgehead atoms. The summed E-state index contributed by atoms with van der Waals surface area (Å²) in [7, 11) is 0. The molecule has 6 nitrogen and oxygen atoms in total. The summed E-state index contributed by atoms with van der Waals surface area (Å²) in [5, 5.41) is 20.0. The van der Waals surface area contributed by atoms with Crippen LogP contribution in [0.25, 0.3) is 23.1 Å². The smallest absolute Gasteiger partial charge is 0.270 e. The molecular formula is C20H21FN4O2. The first kappa shape index (κ1) is 18.7. The average Bonchev–Trinajstić information content (AvgIpc) is 3.06. The molecule has 2 aromatic heterocycles. The minimum Gasteiger partial charge on any atom is -0.394 e. The molecule has 0 saturated heterocycles. The molecule has 0 unspecified atom stereocenters. The second kappa shape index (κ2) is 8.09. The van der Waals surface area contributed by atoms with E-state index in [0.717, 1.165) is 5.39 Å². The van der Waals surface area contributed by atoms with Gasteiger partial charge in [-0.15, -0.1) is 0 Å². The summed E-state index contributed by atoms with van der Waals surface area (Å²) in [5.74, 6) is -0.567. The number of carbonyl (C=O) groups is 1. The van der Waals surface area contributed by atoms with Crippen LogP contribution >= 0.6 is 0 Å². The van der Waals surface area contributed by atoms with Crippen molar-refractivity contribution in [3.05, 3.63) is 59.3 Å². The number of fused-ring (bicyclic) bond motifs is 1. The molecule has 1 aromatic carbocycles. The van der Waals surface area contributed by atoms with Crippen LogP contribution in [0.5, 0.6) is 0 Å². The fraction of sp³-hybridized carbons (Fsp3) is 0.250. The Balaban J connectivity index is 1.86. The van der Waals surface area contributed by atoms with Crippen molar-refractivity contribution < 1.29 is 14.3 Å². The Bertz CT molecular complexity index is 981. The van der Waals surface area contributed by atoms with Crippen molar-refractivity contribution in [1.82, 2.24) is 20.5 Å². The van der Waals surface area contributed by atoms with Gasteiger partial charge in [0, 0.05) is 5.39 Å². The van der Waals surface area contributed by atoms with E-state index in [9.17, 15) is 14.3 Å². The highest BCUT2D eigenvalue weighted by Gasteiger charge is 2.18. The molecule has 3 aromatic rings. The van der Waals surface area contributed by atoms with Crippen LogP contribution in [0.3, 0.4) is 0 Å². The number of aliphatic hydroxyl groups excluding tert-OH is 1. The Labute approximate surface area is 156 Å². The molecule has 0 saturated carbocycles. The van der Waals surface area contributed by atoms with Gasteiger partial charge in [0.1, 0.15) is 11.5 Å². The normalized spacial score (nSPS) is 12.8. The summed E-state index contributed by atoms with van der Waals surface area (Å²) in [6, 6.07) is 7.54. The van der Waals surface area contributed by atoms with Gasteiger partial charge in [0.25, 0.3) is 5.91 Å². The zero-order valence-corrected chi connectivity index (χ0v) is 15.1. The number of pyridine rings is 1. The Hall–Kier alpha value is -3.06. The SMILES string of the molecule is CC(C)[C@@H](CO)NC(=O)c1cc2c(/C=C/c3cccc(F)c3)n[nH]c2cn1. The molecule has 3 N–H and O–H groups in total. The molecule has 1 amide bonds. The number of rotatable bonds is 6. The summed E-state index contributed by atoms with van der Waals surface area (Å²) in [6.07, 6.45) is 5.04. The van der Waals surface area contributed by atoms with Gasteiger partial charge < -0.3 is 10.4 Å². The maximum absolute atomic E-state index is 13.3. The lowest BCUT2D eigenvalue weighted by Gasteiger charge is -2.19. The molecule has 7 heteroatoms. The summed E-state index contributed by atoms with van der Waals surface area (Å²) in [6.45, 7) is 3.70. The number of benzene rings is 1. The molecule has 0 fully saturated rings. The second-order valence-corrected chi connectivity index (χ2v) is 6.62. The number of hydrogen-bond acceptors (Lipinski definition) is 4. The molecule has 0 aliphatic rings. The van der Waals surface area contributed by atoms with Crippen LogP contribution < -0.4 is 5.32 Å². The van der Waals surface area contributed by atoms with Crippen molar-refractivity contribution >= 4 is 29.0 Å². The number of nitrogens with one attached hydrogen (secondary N) is 2. The molecular weight excluding hydrogens is 347 g/mol. The number of H-pyrrole nitrogens is 1. The molecule has 0 radical (unpaired) electrons. The van der Waals surface area contributed by atoms with Crippen LogP contribution in [-0.2, 0) is 0 Å². The molecule has 27 heavy (non-hydrogen) atoms. The van der Waals surface area contributed by atoms with E-state index in [-0.39, 0.29) is 36.0 Å². The molecule has 0 spiro atoms. The van der Waals surface area contributed by atoms with E-state index in [1.165, 1.54) is 12.1 Å². The average molecular weight is 368 g/mol. The lowest BCUT2D eigenvalue weighted by Crippen LogP contribution is -2.41. The Morgan fingerprint density at radius 3 is 2.85 bits per heavy atom. The van der Waals surface area contributed by atoms with Crippen LogP contribution in [0.2, 0.25) is 0 Å². The number of nitrogens with zero attached hydrogens (tertiary/aromatic N) is 2. The predicted molar refractivity (Wildman–Crippen MR) is 102 cm³/mol. The van der Waals surface area contributed by atoms with E-state index in [1.54, 1.807) is 36.5 Å². The fourth-order valence-electron chi connectivity index (χ4n) is 2.64. The first-order chi connectivity index (χ1) is 13.0. The van der Waals surface area contributed by atoms with Crippen LogP contribution in [0.1, 0.15) is 35.6 Å². The molecule has 2 heterocycles. The first-order valence-corrected chi connectivity index (χ1v) is 8.67. The van der Waals surface area contributed by atoms with Crippen LogP contribution in [-0.4, -0.2) is 38.8 Å². The molecule has 3 rings (SSSR count). The topological polar surface area (TPSA) is 90.9 Å². The number of carbonyl (C=O) groups excluding carboxylic acids is 1. The van der Waals surface area contributed by atoms with Crippen LogP contribution in [0, 0.1) is 11.7 Å². The van der Waals surface area contributed by atoms with Crippen molar-refractivity contribution in [1.29, 1.82) is 0 Å². The standard InChI is InChI=1S/C20H21FN4O2/c1-12(2)19(11-26)23-20(27)17-9-15-16(24-25-18(15)10-22-17)7-6-13-4-3-5-14(21)8-13/h3-10,12,19,26H,11H2,1-2H3,(H,23,27)(H,24,25)/b7-6+/t19-/m1/s1. The van der Waals surface area contributed by atoms with Gasteiger partial charge in [0.15, 0.2) is 0 Å². The zero-order chi connectivity index (χ0) is 19.4. The van der Waals surface area contributed by atoms with Crippen LogP contribution in [0.4, 0.5) is 4.39 Å². The van der Waals surface area contributed by atoms with E-state index in [2.05, 4.69) is 20.5 Å². The zero-order valence-electron chi connectivity index (χ0n) is 15.1. The number of aliphatic hydroxyl groups is 1. The molecule has 0 aliphatic heterocycles. The van der Waals surface area contributed by atoms with Crippen molar-refractivity contribution in [2.24, 2.45) is 5.92 Å². The fourth-order valence-corrected chi connectivity index (χ4v) is 2.64. The van der Waals surface area contributed by atoms with Gasteiger partial charge in [-0.25, -0.2) is 9.37 Å². The van der Waals surface area contributed by atoms with Gasteiger partial charge in [-0.1, -0.05) is 32.1 Å². The van der Waals surface area contributed by atoms with Gasteiger partial charge in [-0.05, 0) is 35.8 Å². The number of halogens is 1. The molecule has 140 valence electrons. The summed E-state index contributed by atoms with van der Waals surface area (Å²) >= 11 is 0. The van der Waals surface area contributed by atoms with Gasteiger partial charge in [-0.2, -0.15) is 5.10 Å². The summed E-state index contributed by atoms with van der Waals surface area (Å²) in [4.78, 5) is 16.6. The largest absolute Gasteiger partial charge is 0.394 e. The van der Waals surface area contributed by atoms with Gasteiger partial charge >= 0.3 is 0 Å². The highest BCUT2D eigenvalue weighted by molar-refractivity contribution is 5.98. The van der Waals surface area contributed by atoms with Crippen molar-refractivity contribution in [3.63, 3.8) is 0 Å².